The zero-order valence-corrected chi connectivity index (χ0v) is 24.0. The molecule has 2 unspecified atom stereocenters. The van der Waals surface area contributed by atoms with Crippen LogP contribution in [0.2, 0.25) is 0 Å². The van der Waals surface area contributed by atoms with Crippen molar-refractivity contribution in [2.24, 2.45) is 0 Å². The van der Waals surface area contributed by atoms with E-state index in [9.17, 15) is 31.9 Å². The lowest BCUT2D eigenvalue weighted by Gasteiger charge is -2.36. The lowest BCUT2D eigenvalue weighted by atomic mass is 9.88. The van der Waals surface area contributed by atoms with Crippen molar-refractivity contribution in [2.75, 3.05) is 36.4 Å². The molecular formula is C30H30F5N7O3. The molecule has 1 fully saturated rings. The van der Waals surface area contributed by atoms with Crippen LogP contribution in [-0.4, -0.2) is 63.2 Å². The molecular weight excluding hydrogens is 601 g/mol. The summed E-state index contributed by atoms with van der Waals surface area (Å²) in [5.41, 5.74) is 0.935. The molecule has 15 heteroatoms. The first kappa shape index (κ1) is 31.7. The van der Waals surface area contributed by atoms with Crippen molar-refractivity contribution in [3.05, 3.63) is 102 Å². The van der Waals surface area contributed by atoms with E-state index in [1.807, 2.05) is 12.1 Å². The third kappa shape index (κ3) is 7.67. The number of halogens is 5. The summed E-state index contributed by atoms with van der Waals surface area (Å²) in [6.45, 7) is 3.48. The van der Waals surface area contributed by atoms with Gasteiger partial charge in [0.1, 0.15) is 41.7 Å². The number of urea groups is 1. The normalized spacial score (nSPS) is 16.1. The second kappa shape index (κ2) is 13.1. The Morgan fingerprint density at radius 1 is 1.00 bits per heavy atom. The topological polar surface area (TPSA) is 108 Å². The largest absolute Gasteiger partial charge is 0.487 e. The molecule has 3 aromatic carbocycles. The number of piperazine rings is 1. The summed E-state index contributed by atoms with van der Waals surface area (Å²) >= 11 is 0. The molecule has 2 atom stereocenters. The summed E-state index contributed by atoms with van der Waals surface area (Å²) in [4.78, 5) is 18.3. The van der Waals surface area contributed by atoms with E-state index in [1.165, 1.54) is 35.5 Å². The van der Waals surface area contributed by atoms with Gasteiger partial charge in [-0.15, -0.1) is 0 Å². The van der Waals surface area contributed by atoms with Gasteiger partial charge in [-0.1, -0.05) is 6.07 Å². The summed E-state index contributed by atoms with van der Waals surface area (Å²) in [5.74, 6) is -1.29. The number of amides is 2. The van der Waals surface area contributed by atoms with Crippen molar-refractivity contribution in [1.82, 2.24) is 25.2 Å². The van der Waals surface area contributed by atoms with Gasteiger partial charge in [-0.05, 0) is 61.5 Å². The Morgan fingerprint density at radius 2 is 1.69 bits per heavy atom. The average Bonchev–Trinajstić information content (AvgIpc) is 3.50. The highest BCUT2D eigenvalue weighted by atomic mass is 19.4. The van der Waals surface area contributed by atoms with Gasteiger partial charge in [0.2, 0.25) is 0 Å². The number of anilines is 2. The smallest absolute Gasteiger partial charge is 0.416 e. The van der Waals surface area contributed by atoms with Gasteiger partial charge in [0.25, 0.3) is 0 Å². The fraction of sp³-hybridized carbons (Fsp3) is 0.300. The number of nitrogens with one attached hydrogen (secondary N) is 2. The molecule has 0 spiro atoms. The number of nitrogens with zero attached hydrogens (tertiary/aromatic N) is 5. The number of hydrogen-bond donors (Lipinski definition) is 3. The highest BCUT2D eigenvalue weighted by molar-refractivity contribution is 5.88. The highest BCUT2D eigenvalue weighted by Crippen LogP contribution is 2.33. The van der Waals surface area contributed by atoms with Gasteiger partial charge in [0.15, 0.2) is 0 Å². The molecule has 1 saturated heterocycles. The molecule has 238 valence electrons. The molecule has 1 aromatic heterocycles. The first-order chi connectivity index (χ1) is 21.4. The molecule has 0 radical (unpaired) electrons. The molecule has 0 saturated carbocycles. The van der Waals surface area contributed by atoms with Crippen LogP contribution in [0.1, 0.15) is 18.1 Å². The van der Waals surface area contributed by atoms with Crippen LogP contribution in [0.4, 0.5) is 38.1 Å². The quantitative estimate of drug-likeness (QED) is 0.228. The maximum Gasteiger partial charge on any atom is 0.416 e. The van der Waals surface area contributed by atoms with Crippen molar-refractivity contribution in [1.29, 1.82) is 0 Å². The Balaban J connectivity index is 1.16. The molecule has 3 N–H and O–H groups in total. The zero-order chi connectivity index (χ0) is 32.2. The van der Waals surface area contributed by atoms with Crippen LogP contribution in [0, 0.1) is 11.6 Å². The Morgan fingerprint density at radius 3 is 2.29 bits per heavy atom. The fourth-order valence-corrected chi connectivity index (χ4v) is 4.99. The van der Waals surface area contributed by atoms with Crippen LogP contribution < -0.4 is 20.4 Å². The number of aliphatic hydroxyl groups is 1. The number of alkyl halides is 3. The molecule has 0 aliphatic carbocycles. The molecule has 45 heavy (non-hydrogen) atoms. The van der Waals surface area contributed by atoms with Gasteiger partial charge < -0.3 is 20.1 Å². The number of aromatic nitrogens is 3. The van der Waals surface area contributed by atoms with Crippen LogP contribution in [0.3, 0.4) is 0 Å². The van der Waals surface area contributed by atoms with Crippen LogP contribution in [0.15, 0.2) is 79.4 Å². The Labute approximate surface area is 255 Å². The number of carbonyl (C=O) groups is 1. The minimum absolute atomic E-state index is 0.150. The molecule has 2 heterocycles. The number of carbonyl (C=O) groups excluding carboxylic acids is 1. The predicted molar refractivity (Wildman–Crippen MR) is 154 cm³/mol. The summed E-state index contributed by atoms with van der Waals surface area (Å²) in [5, 5.41) is 19.9. The third-order valence-electron chi connectivity index (χ3n) is 7.46. The van der Waals surface area contributed by atoms with E-state index in [1.54, 1.807) is 24.1 Å². The van der Waals surface area contributed by atoms with Gasteiger partial charge in [-0.2, -0.15) is 18.3 Å². The maximum absolute atomic E-state index is 14.8. The molecule has 5 rings (SSSR count). The first-order valence-electron chi connectivity index (χ1n) is 13.9. The van der Waals surface area contributed by atoms with E-state index >= 15 is 0 Å². The fourth-order valence-electron chi connectivity index (χ4n) is 4.99. The van der Waals surface area contributed by atoms with Crippen LogP contribution in [0.5, 0.6) is 5.75 Å². The lowest BCUT2D eigenvalue weighted by Crippen LogP contribution is -2.54. The minimum atomic E-state index is -4.46. The number of ether oxygens (including phenoxy) is 1. The number of hydrazine groups is 1. The van der Waals surface area contributed by atoms with Crippen LogP contribution >= 0.6 is 0 Å². The molecule has 0 bridgehead atoms. The summed E-state index contributed by atoms with van der Waals surface area (Å²) in [6.07, 6.45) is -2.80. The minimum Gasteiger partial charge on any atom is -0.487 e. The Bertz CT molecular complexity index is 1580. The van der Waals surface area contributed by atoms with Crippen molar-refractivity contribution in [3.63, 3.8) is 0 Å². The summed E-state index contributed by atoms with van der Waals surface area (Å²) in [7, 11) is 0. The second-order valence-electron chi connectivity index (χ2n) is 10.5. The van der Waals surface area contributed by atoms with Gasteiger partial charge in [-0.25, -0.2) is 28.3 Å². The standard InChI is InChI=1S/C30H30F5N7O3/c1-20(29(44,17-42-19-36-18-37-42)26-11-4-22(31)16-27(26)32)45-25-9-7-24(8-10-25)40-12-14-41(15-13-40)39-28(43)38-23-5-2-21(3-6-23)30(33,34)35/h2-11,16,18-20,44H,12-15,17H2,1H3,(H2,38,39,43). The molecule has 10 nitrogen and oxygen atoms in total. The van der Waals surface area contributed by atoms with E-state index in [-0.39, 0.29) is 17.8 Å². The summed E-state index contributed by atoms with van der Waals surface area (Å²) in [6, 6.07) is 13.6. The molecule has 4 aromatic rings. The van der Waals surface area contributed by atoms with Crippen molar-refractivity contribution in [2.45, 2.75) is 31.3 Å². The van der Waals surface area contributed by atoms with Crippen molar-refractivity contribution < 1.29 is 36.6 Å². The monoisotopic (exact) mass is 631 g/mol. The summed E-state index contributed by atoms with van der Waals surface area (Å²) < 4.78 is 74.0. The van der Waals surface area contributed by atoms with Crippen LogP contribution in [0.25, 0.3) is 0 Å². The molecule has 1 aliphatic heterocycles. The Kier molecular flexibility index (Phi) is 9.20. The third-order valence-corrected chi connectivity index (χ3v) is 7.46. The number of benzene rings is 3. The molecule has 2 amide bonds. The van der Waals surface area contributed by atoms with E-state index in [2.05, 4.69) is 25.7 Å². The second-order valence-corrected chi connectivity index (χ2v) is 10.5. The van der Waals surface area contributed by atoms with Crippen LogP contribution in [-0.2, 0) is 18.3 Å². The lowest BCUT2D eigenvalue weighted by molar-refractivity contribution is -0.137. The highest BCUT2D eigenvalue weighted by Gasteiger charge is 2.41. The van der Waals surface area contributed by atoms with Crippen molar-refractivity contribution >= 4 is 17.4 Å². The van der Waals surface area contributed by atoms with Gasteiger partial charge >= 0.3 is 12.2 Å². The number of rotatable bonds is 9. The molecule has 1 aliphatic rings. The van der Waals surface area contributed by atoms with Crippen molar-refractivity contribution in [3.8, 4) is 5.75 Å². The van der Waals surface area contributed by atoms with E-state index in [0.29, 0.717) is 38.0 Å². The van der Waals surface area contributed by atoms with Gasteiger partial charge in [-0.3, -0.25) is 5.43 Å². The Hall–Kier alpha value is -4.76. The first-order valence-corrected chi connectivity index (χ1v) is 13.9. The van der Waals surface area contributed by atoms with E-state index < -0.39 is 41.1 Å². The maximum atomic E-state index is 14.8. The predicted octanol–water partition coefficient (Wildman–Crippen LogP) is 4.79. The number of hydrogen-bond acceptors (Lipinski definition) is 7. The average molecular weight is 632 g/mol. The van der Waals surface area contributed by atoms with E-state index in [0.717, 1.165) is 23.9 Å². The zero-order valence-electron chi connectivity index (χ0n) is 24.0. The van der Waals surface area contributed by atoms with Gasteiger partial charge in [0, 0.05) is 49.2 Å². The van der Waals surface area contributed by atoms with Gasteiger partial charge in [0.05, 0.1) is 12.1 Å². The van der Waals surface area contributed by atoms with E-state index in [4.69, 9.17) is 4.74 Å². The SMILES string of the molecule is CC(Oc1ccc(N2CCN(NC(=O)Nc3ccc(C(F)(F)F)cc3)CC2)cc1)C(O)(Cn1cncn1)c1ccc(F)cc1F.